The van der Waals surface area contributed by atoms with Gasteiger partial charge in [-0.1, -0.05) is 30.3 Å². The fourth-order valence-corrected chi connectivity index (χ4v) is 2.99. The molecule has 6 nitrogen and oxygen atoms in total. The first kappa shape index (κ1) is 22.5. The number of benzene rings is 2. The molecule has 0 atom stereocenters. The van der Waals surface area contributed by atoms with Crippen LogP contribution in [0, 0.1) is 0 Å². The van der Waals surface area contributed by atoms with E-state index in [1.807, 2.05) is 30.3 Å². The average Bonchev–Trinajstić information content (AvgIpc) is 2.67. The Morgan fingerprint density at radius 3 is 2.41 bits per heavy atom. The topological polar surface area (TPSA) is 77.0 Å². The van der Waals surface area contributed by atoms with E-state index in [0.717, 1.165) is 11.3 Å². The highest BCUT2D eigenvalue weighted by molar-refractivity contribution is 7.99. The van der Waals surface area contributed by atoms with Crippen molar-refractivity contribution in [2.24, 2.45) is 5.10 Å². The molecule has 0 heterocycles. The van der Waals surface area contributed by atoms with Crippen LogP contribution < -0.4 is 10.2 Å². The van der Waals surface area contributed by atoms with Crippen LogP contribution >= 0.6 is 11.8 Å². The van der Waals surface area contributed by atoms with Gasteiger partial charge in [-0.25, -0.2) is 10.2 Å². The van der Waals surface area contributed by atoms with Crippen LogP contribution in [0.2, 0.25) is 0 Å². The molecule has 1 N–H and O–H groups in total. The van der Waals surface area contributed by atoms with Crippen LogP contribution in [-0.4, -0.2) is 36.1 Å². The third-order valence-corrected chi connectivity index (χ3v) is 4.41. The highest BCUT2D eigenvalue weighted by Gasteiger charge is 2.16. The molecule has 0 saturated heterocycles. The van der Waals surface area contributed by atoms with E-state index >= 15 is 0 Å². The lowest BCUT2D eigenvalue weighted by Gasteiger charge is -2.19. The zero-order valence-electron chi connectivity index (χ0n) is 16.9. The second kappa shape index (κ2) is 11.3. The number of thioether (sulfide) groups is 1. The quantitative estimate of drug-likeness (QED) is 0.384. The average molecular weight is 415 g/mol. The van der Waals surface area contributed by atoms with Gasteiger partial charge in [-0.15, -0.1) is 11.8 Å². The smallest absolute Gasteiger partial charge is 0.344 e. The lowest BCUT2D eigenvalue weighted by atomic mass is 10.2. The van der Waals surface area contributed by atoms with Crippen molar-refractivity contribution in [2.45, 2.75) is 32.1 Å². The molecule has 0 radical (unpaired) electrons. The number of rotatable bonds is 9. The Hall–Kier alpha value is -2.80. The predicted molar refractivity (Wildman–Crippen MR) is 116 cm³/mol. The maximum Gasteiger partial charge on any atom is 0.344 e. The largest absolute Gasteiger partial charge is 0.482 e. The van der Waals surface area contributed by atoms with Gasteiger partial charge in [0.1, 0.15) is 11.4 Å². The summed E-state index contributed by atoms with van der Waals surface area (Å²) in [6.45, 7) is 5.26. The van der Waals surface area contributed by atoms with Gasteiger partial charge in [0.2, 0.25) is 5.91 Å². The second-order valence-electron chi connectivity index (χ2n) is 7.22. The number of hydrazone groups is 1. The molecule has 0 fully saturated rings. The third-order valence-electron chi connectivity index (χ3n) is 3.40. The van der Waals surface area contributed by atoms with Crippen LogP contribution in [0.5, 0.6) is 5.75 Å². The lowest BCUT2D eigenvalue weighted by molar-refractivity contribution is -0.157. The molecular formula is C22H26N2O4S. The monoisotopic (exact) mass is 414 g/mol. The fraction of sp³-hybridized carbons (Fsp3) is 0.318. The number of ether oxygens (including phenoxy) is 2. The molecule has 2 aromatic rings. The van der Waals surface area contributed by atoms with Crippen LogP contribution in [0.15, 0.2) is 59.7 Å². The van der Waals surface area contributed by atoms with Gasteiger partial charge in [0.25, 0.3) is 0 Å². The molecule has 0 bridgehead atoms. The van der Waals surface area contributed by atoms with E-state index in [4.69, 9.17) is 9.47 Å². The van der Waals surface area contributed by atoms with Gasteiger partial charge >= 0.3 is 5.97 Å². The predicted octanol–water partition coefficient (Wildman–Crippen LogP) is 3.79. The molecule has 2 rings (SSSR count). The van der Waals surface area contributed by atoms with Crippen molar-refractivity contribution >= 4 is 29.9 Å². The van der Waals surface area contributed by atoms with E-state index in [1.165, 1.54) is 17.3 Å². The van der Waals surface area contributed by atoms with Crippen molar-refractivity contribution in [3.8, 4) is 5.75 Å². The van der Waals surface area contributed by atoms with Crippen molar-refractivity contribution in [2.75, 3.05) is 12.4 Å². The molecule has 0 unspecified atom stereocenters. The van der Waals surface area contributed by atoms with E-state index in [2.05, 4.69) is 10.5 Å². The minimum absolute atomic E-state index is 0.151. The molecular weight excluding hydrogens is 388 g/mol. The Morgan fingerprint density at radius 1 is 1.07 bits per heavy atom. The summed E-state index contributed by atoms with van der Waals surface area (Å²) in [6.07, 6.45) is 1.55. The maximum atomic E-state index is 11.8. The van der Waals surface area contributed by atoms with Crippen molar-refractivity contribution in [1.29, 1.82) is 0 Å². The lowest BCUT2D eigenvalue weighted by Crippen LogP contribution is -2.27. The van der Waals surface area contributed by atoms with Crippen LogP contribution in [0.25, 0.3) is 0 Å². The van der Waals surface area contributed by atoms with Gasteiger partial charge < -0.3 is 9.47 Å². The van der Waals surface area contributed by atoms with E-state index in [9.17, 15) is 9.59 Å². The SMILES string of the molecule is CC(C)(C)OC(=O)COc1ccc(/C=N/NC(=O)CSCc2ccccc2)cc1. The minimum atomic E-state index is -0.536. The van der Waals surface area contributed by atoms with Crippen molar-refractivity contribution in [3.63, 3.8) is 0 Å². The van der Waals surface area contributed by atoms with Crippen LogP contribution in [0.1, 0.15) is 31.9 Å². The van der Waals surface area contributed by atoms with E-state index < -0.39 is 11.6 Å². The van der Waals surface area contributed by atoms with Crippen molar-refractivity contribution in [1.82, 2.24) is 5.43 Å². The summed E-state index contributed by atoms with van der Waals surface area (Å²) in [4.78, 5) is 23.5. The van der Waals surface area contributed by atoms with Crippen molar-refractivity contribution in [3.05, 3.63) is 65.7 Å². The summed E-state index contributed by atoms with van der Waals surface area (Å²) < 4.78 is 10.6. The molecule has 2 aromatic carbocycles. The van der Waals surface area contributed by atoms with Gasteiger partial charge in [0, 0.05) is 5.75 Å². The molecule has 29 heavy (non-hydrogen) atoms. The van der Waals surface area contributed by atoms with Crippen LogP contribution in [0.4, 0.5) is 0 Å². The highest BCUT2D eigenvalue weighted by atomic mass is 32.2. The zero-order valence-corrected chi connectivity index (χ0v) is 17.7. The summed E-state index contributed by atoms with van der Waals surface area (Å²) in [5.74, 6) is 1.09. The fourth-order valence-electron chi connectivity index (χ4n) is 2.21. The Labute approximate surface area is 175 Å². The number of carbonyl (C=O) groups excluding carboxylic acids is 2. The molecule has 154 valence electrons. The number of carbonyl (C=O) groups is 2. The van der Waals surface area contributed by atoms with Gasteiger partial charge in [0.15, 0.2) is 6.61 Å². The molecule has 1 amide bonds. The summed E-state index contributed by atoms with van der Waals surface area (Å²) in [7, 11) is 0. The summed E-state index contributed by atoms with van der Waals surface area (Å²) in [6, 6.07) is 17.0. The number of nitrogens with zero attached hydrogens (tertiary/aromatic N) is 1. The Bertz CT molecular complexity index is 815. The van der Waals surface area contributed by atoms with Gasteiger partial charge in [0.05, 0.1) is 12.0 Å². The summed E-state index contributed by atoms with van der Waals surface area (Å²) in [5, 5.41) is 3.96. The van der Waals surface area contributed by atoms with Gasteiger partial charge in [-0.05, 0) is 56.2 Å². The molecule has 0 aliphatic rings. The summed E-state index contributed by atoms with van der Waals surface area (Å²) in [5.41, 5.74) is 3.96. The van der Waals surface area contributed by atoms with Gasteiger partial charge in [-0.2, -0.15) is 5.10 Å². The minimum Gasteiger partial charge on any atom is -0.482 e. The number of amides is 1. The highest BCUT2D eigenvalue weighted by Crippen LogP contribution is 2.13. The number of esters is 1. The van der Waals surface area contributed by atoms with E-state index in [0.29, 0.717) is 11.5 Å². The Balaban J connectivity index is 1.68. The molecule has 0 spiro atoms. The second-order valence-corrected chi connectivity index (χ2v) is 8.20. The first-order valence-corrected chi connectivity index (χ1v) is 10.4. The Morgan fingerprint density at radius 2 is 1.76 bits per heavy atom. The number of hydrogen-bond donors (Lipinski definition) is 1. The normalized spacial score (nSPS) is 11.3. The van der Waals surface area contributed by atoms with E-state index in [-0.39, 0.29) is 12.5 Å². The van der Waals surface area contributed by atoms with E-state index in [1.54, 1.807) is 51.3 Å². The maximum absolute atomic E-state index is 11.8. The van der Waals surface area contributed by atoms with Crippen LogP contribution in [-0.2, 0) is 20.1 Å². The van der Waals surface area contributed by atoms with Gasteiger partial charge in [-0.3, -0.25) is 4.79 Å². The third kappa shape index (κ3) is 9.80. The molecule has 0 saturated carbocycles. The first-order chi connectivity index (χ1) is 13.8. The number of hydrogen-bond acceptors (Lipinski definition) is 6. The molecule has 0 aliphatic heterocycles. The molecule has 0 aliphatic carbocycles. The summed E-state index contributed by atoms with van der Waals surface area (Å²) >= 11 is 1.53. The van der Waals surface area contributed by atoms with Crippen molar-refractivity contribution < 1.29 is 19.1 Å². The Kier molecular flexibility index (Phi) is 8.73. The first-order valence-electron chi connectivity index (χ1n) is 9.20. The van der Waals surface area contributed by atoms with Crippen LogP contribution in [0.3, 0.4) is 0 Å². The standard InChI is InChI=1S/C22H26N2O4S/c1-22(2,3)28-21(26)14-27-19-11-9-17(10-12-19)13-23-24-20(25)16-29-15-18-7-5-4-6-8-18/h4-13H,14-16H2,1-3H3,(H,24,25)/b23-13+. The molecule has 7 heteroatoms. The number of nitrogens with one attached hydrogen (secondary N) is 1. The molecule has 0 aromatic heterocycles. The zero-order chi connectivity index (χ0) is 21.1.